The second-order valence-electron chi connectivity index (χ2n) is 5.78. The number of nitrogens with zero attached hydrogens (tertiary/aromatic N) is 2. The molecule has 21 heavy (non-hydrogen) atoms. The Morgan fingerprint density at radius 1 is 1.33 bits per heavy atom. The normalized spacial score (nSPS) is 19.1. The summed E-state index contributed by atoms with van der Waals surface area (Å²) in [4.78, 5) is 0. The summed E-state index contributed by atoms with van der Waals surface area (Å²) in [6.45, 7) is 2.21. The summed E-state index contributed by atoms with van der Waals surface area (Å²) in [5.41, 5.74) is 4.02. The van der Waals surface area contributed by atoms with Crippen LogP contribution in [0.4, 0.5) is 0 Å². The van der Waals surface area contributed by atoms with Gasteiger partial charge >= 0.3 is 0 Å². The fourth-order valence-corrected chi connectivity index (χ4v) is 3.17. The van der Waals surface area contributed by atoms with Crippen LogP contribution < -0.4 is 10.1 Å². The summed E-state index contributed by atoms with van der Waals surface area (Å²) in [6.07, 6.45) is 5.56. The molecule has 1 N–H and O–H groups in total. The Morgan fingerprint density at radius 3 is 2.81 bits per heavy atom. The molecule has 0 fully saturated rings. The molecular weight excluding hydrogens is 262 g/mol. The van der Waals surface area contributed by atoms with Crippen molar-refractivity contribution in [1.82, 2.24) is 15.1 Å². The van der Waals surface area contributed by atoms with E-state index in [0.29, 0.717) is 12.1 Å². The van der Waals surface area contributed by atoms with Crippen LogP contribution in [-0.2, 0) is 13.5 Å². The molecule has 0 saturated carbocycles. The zero-order valence-corrected chi connectivity index (χ0v) is 13.0. The van der Waals surface area contributed by atoms with Gasteiger partial charge in [-0.05, 0) is 43.9 Å². The standard InChI is InChI=1S/C17H23N3O/c1-12(13-7-9-14(21-3)10-8-13)19-16-5-4-6-17-15(16)11-18-20(17)2/h7-12,16,19H,4-6H2,1-3H3. The van der Waals surface area contributed by atoms with Gasteiger partial charge in [-0.25, -0.2) is 0 Å². The molecule has 1 aliphatic carbocycles. The maximum Gasteiger partial charge on any atom is 0.118 e. The van der Waals surface area contributed by atoms with Crippen molar-refractivity contribution in [2.24, 2.45) is 7.05 Å². The van der Waals surface area contributed by atoms with Crippen molar-refractivity contribution >= 4 is 0 Å². The highest BCUT2D eigenvalue weighted by Gasteiger charge is 2.24. The maximum absolute atomic E-state index is 5.22. The van der Waals surface area contributed by atoms with Crippen LogP contribution in [0.25, 0.3) is 0 Å². The largest absolute Gasteiger partial charge is 0.497 e. The monoisotopic (exact) mass is 285 g/mol. The number of hydrogen-bond donors (Lipinski definition) is 1. The van der Waals surface area contributed by atoms with Crippen LogP contribution in [0.5, 0.6) is 5.75 Å². The van der Waals surface area contributed by atoms with Gasteiger partial charge in [-0.15, -0.1) is 0 Å². The second-order valence-corrected chi connectivity index (χ2v) is 5.78. The van der Waals surface area contributed by atoms with Gasteiger partial charge in [-0.1, -0.05) is 12.1 Å². The summed E-state index contributed by atoms with van der Waals surface area (Å²) in [5.74, 6) is 0.901. The van der Waals surface area contributed by atoms with Crippen LogP contribution in [0, 0.1) is 0 Å². The minimum atomic E-state index is 0.312. The van der Waals surface area contributed by atoms with Crippen molar-refractivity contribution in [2.45, 2.75) is 38.3 Å². The molecule has 2 unspecified atom stereocenters. The van der Waals surface area contributed by atoms with Gasteiger partial charge in [0.2, 0.25) is 0 Å². The molecule has 0 aliphatic heterocycles. The first-order valence-corrected chi connectivity index (χ1v) is 7.60. The molecule has 0 radical (unpaired) electrons. The Morgan fingerprint density at radius 2 is 2.10 bits per heavy atom. The van der Waals surface area contributed by atoms with Gasteiger partial charge in [0.1, 0.15) is 5.75 Å². The molecule has 4 nitrogen and oxygen atoms in total. The predicted molar refractivity (Wildman–Crippen MR) is 83.4 cm³/mol. The van der Waals surface area contributed by atoms with Crippen LogP contribution in [-0.4, -0.2) is 16.9 Å². The molecule has 2 aromatic rings. The third-order valence-corrected chi connectivity index (χ3v) is 4.44. The third-order valence-electron chi connectivity index (χ3n) is 4.44. The molecular formula is C17H23N3O. The Hall–Kier alpha value is -1.81. The van der Waals surface area contributed by atoms with E-state index in [-0.39, 0.29) is 0 Å². The summed E-state index contributed by atoms with van der Waals surface area (Å²) >= 11 is 0. The van der Waals surface area contributed by atoms with Gasteiger partial charge in [0.15, 0.2) is 0 Å². The lowest BCUT2D eigenvalue weighted by Gasteiger charge is -2.27. The van der Waals surface area contributed by atoms with E-state index in [1.54, 1.807) is 7.11 Å². The SMILES string of the molecule is COc1ccc(C(C)NC2CCCc3c2cnn3C)cc1. The number of methoxy groups -OCH3 is 1. The van der Waals surface area contributed by atoms with Gasteiger partial charge < -0.3 is 10.1 Å². The lowest BCUT2D eigenvalue weighted by molar-refractivity contribution is 0.407. The maximum atomic E-state index is 5.22. The van der Waals surface area contributed by atoms with Gasteiger partial charge in [0, 0.05) is 30.4 Å². The minimum absolute atomic E-state index is 0.312. The van der Waals surface area contributed by atoms with Gasteiger partial charge in [-0.3, -0.25) is 4.68 Å². The fraction of sp³-hybridized carbons (Fsp3) is 0.471. The highest BCUT2D eigenvalue weighted by Crippen LogP contribution is 2.31. The van der Waals surface area contributed by atoms with Crippen LogP contribution in [0.15, 0.2) is 30.5 Å². The molecule has 2 atom stereocenters. The number of aryl methyl sites for hydroxylation is 1. The lowest BCUT2D eigenvalue weighted by Crippen LogP contribution is -2.27. The number of ether oxygens (including phenoxy) is 1. The Kier molecular flexibility index (Phi) is 3.97. The van der Waals surface area contributed by atoms with Gasteiger partial charge in [0.25, 0.3) is 0 Å². The van der Waals surface area contributed by atoms with E-state index in [2.05, 4.69) is 29.5 Å². The number of rotatable bonds is 4. The van der Waals surface area contributed by atoms with Crippen molar-refractivity contribution in [3.05, 3.63) is 47.3 Å². The molecule has 4 heteroatoms. The van der Waals surface area contributed by atoms with E-state index in [1.165, 1.54) is 29.7 Å². The molecule has 0 amide bonds. The summed E-state index contributed by atoms with van der Waals surface area (Å²) in [7, 11) is 3.73. The number of aromatic nitrogens is 2. The first-order chi connectivity index (χ1) is 10.2. The second kappa shape index (κ2) is 5.90. The molecule has 3 rings (SSSR count). The summed E-state index contributed by atoms with van der Waals surface area (Å²) in [5, 5.41) is 8.16. The quantitative estimate of drug-likeness (QED) is 0.938. The smallest absolute Gasteiger partial charge is 0.118 e. The minimum Gasteiger partial charge on any atom is -0.497 e. The molecule has 0 saturated heterocycles. The van der Waals surface area contributed by atoms with Gasteiger partial charge in [-0.2, -0.15) is 5.10 Å². The highest BCUT2D eigenvalue weighted by atomic mass is 16.5. The molecule has 0 spiro atoms. The zero-order valence-electron chi connectivity index (χ0n) is 13.0. The third kappa shape index (κ3) is 2.81. The van der Waals surface area contributed by atoms with Crippen molar-refractivity contribution in [3.63, 3.8) is 0 Å². The first-order valence-electron chi connectivity index (χ1n) is 7.60. The first kappa shape index (κ1) is 14.1. The van der Waals surface area contributed by atoms with E-state index in [4.69, 9.17) is 4.74 Å². The molecule has 1 heterocycles. The van der Waals surface area contributed by atoms with E-state index in [9.17, 15) is 0 Å². The number of fused-ring (bicyclic) bond motifs is 1. The average molecular weight is 285 g/mol. The van der Waals surface area contributed by atoms with Crippen molar-refractivity contribution in [3.8, 4) is 5.75 Å². The van der Waals surface area contributed by atoms with E-state index < -0.39 is 0 Å². The molecule has 1 aliphatic rings. The van der Waals surface area contributed by atoms with Crippen molar-refractivity contribution in [1.29, 1.82) is 0 Å². The topological polar surface area (TPSA) is 39.1 Å². The van der Waals surface area contributed by atoms with Crippen LogP contribution in [0.1, 0.15) is 48.7 Å². The Balaban J connectivity index is 1.74. The zero-order chi connectivity index (χ0) is 14.8. The molecule has 0 bridgehead atoms. The molecule has 112 valence electrons. The van der Waals surface area contributed by atoms with E-state index >= 15 is 0 Å². The summed E-state index contributed by atoms with van der Waals surface area (Å²) in [6, 6.07) is 9.01. The van der Waals surface area contributed by atoms with Crippen molar-refractivity contribution in [2.75, 3.05) is 7.11 Å². The summed E-state index contributed by atoms with van der Waals surface area (Å²) < 4.78 is 7.23. The number of hydrogen-bond acceptors (Lipinski definition) is 3. The average Bonchev–Trinajstić information content (AvgIpc) is 2.90. The predicted octanol–water partition coefficient (Wildman–Crippen LogP) is 3.16. The number of nitrogens with one attached hydrogen (secondary N) is 1. The van der Waals surface area contributed by atoms with Crippen LogP contribution in [0.3, 0.4) is 0 Å². The van der Waals surface area contributed by atoms with Crippen LogP contribution >= 0.6 is 0 Å². The molecule has 1 aromatic heterocycles. The highest BCUT2D eigenvalue weighted by molar-refractivity contribution is 5.30. The molecule has 1 aromatic carbocycles. The van der Waals surface area contributed by atoms with E-state index in [1.807, 2.05) is 30.1 Å². The number of benzene rings is 1. The Labute approximate surface area is 126 Å². The van der Waals surface area contributed by atoms with Gasteiger partial charge in [0.05, 0.1) is 13.3 Å². The van der Waals surface area contributed by atoms with Crippen molar-refractivity contribution < 1.29 is 4.74 Å². The fourth-order valence-electron chi connectivity index (χ4n) is 3.17. The lowest BCUT2D eigenvalue weighted by atomic mass is 9.92. The van der Waals surface area contributed by atoms with E-state index in [0.717, 1.165) is 12.2 Å². The Bertz CT molecular complexity index is 603. The van der Waals surface area contributed by atoms with Crippen LogP contribution in [0.2, 0.25) is 0 Å².